The normalized spacial score (nSPS) is 10.4. The molecular formula is C22H17F3N2O4. The summed E-state index contributed by atoms with van der Waals surface area (Å²) in [6, 6.07) is 12.7. The van der Waals surface area contributed by atoms with E-state index in [4.69, 9.17) is 9.47 Å². The molecule has 2 N–H and O–H groups in total. The number of carbonyl (C=O) groups is 2. The van der Waals surface area contributed by atoms with Gasteiger partial charge in [-0.25, -0.2) is 13.2 Å². The molecular weight excluding hydrogens is 413 g/mol. The quantitative estimate of drug-likeness (QED) is 0.560. The first-order valence-corrected chi connectivity index (χ1v) is 8.93. The van der Waals surface area contributed by atoms with Crippen molar-refractivity contribution in [2.24, 2.45) is 0 Å². The summed E-state index contributed by atoms with van der Waals surface area (Å²) in [6.07, 6.45) is 0. The number of ether oxygens (including phenoxy) is 2. The van der Waals surface area contributed by atoms with Crippen LogP contribution >= 0.6 is 0 Å². The average Bonchev–Trinajstić information content (AvgIpc) is 2.78. The Balaban J connectivity index is 1.91. The van der Waals surface area contributed by atoms with Crippen molar-refractivity contribution >= 4 is 23.2 Å². The van der Waals surface area contributed by atoms with Crippen LogP contribution < -0.4 is 20.1 Å². The lowest BCUT2D eigenvalue weighted by atomic mass is 10.1. The van der Waals surface area contributed by atoms with Gasteiger partial charge < -0.3 is 20.1 Å². The molecule has 0 bridgehead atoms. The number of hydrogen-bond donors (Lipinski definition) is 2. The summed E-state index contributed by atoms with van der Waals surface area (Å²) < 4.78 is 51.0. The monoisotopic (exact) mass is 430 g/mol. The third-order valence-corrected chi connectivity index (χ3v) is 4.33. The number of methoxy groups -OCH3 is 2. The zero-order valence-electron chi connectivity index (χ0n) is 16.5. The minimum Gasteiger partial charge on any atom is -0.494 e. The molecule has 0 spiro atoms. The second-order valence-electron chi connectivity index (χ2n) is 6.25. The molecule has 6 nitrogen and oxygen atoms in total. The second-order valence-corrected chi connectivity index (χ2v) is 6.25. The van der Waals surface area contributed by atoms with Gasteiger partial charge in [-0.3, -0.25) is 9.59 Å². The standard InChI is InChI=1S/C22H17F3N2O4/c1-30-17-11-16(27-22(29)13-8-9-14(23)20(25)19(13)24)18(31-2)10-15(17)26-21(28)12-6-4-3-5-7-12/h3-11H,1-2H3,(H,26,28)(H,27,29). The van der Waals surface area contributed by atoms with Gasteiger partial charge in [-0.2, -0.15) is 0 Å². The van der Waals surface area contributed by atoms with Crippen molar-refractivity contribution in [1.82, 2.24) is 0 Å². The van der Waals surface area contributed by atoms with Crippen molar-refractivity contribution in [3.05, 3.63) is 83.2 Å². The number of amides is 2. The maximum Gasteiger partial charge on any atom is 0.258 e. The molecule has 0 aromatic heterocycles. The van der Waals surface area contributed by atoms with Crippen molar-refractivity contribution in [3.8, 4) is 11.5 Å². The van der Waals surface area contributed by atoms with Crippen LogP contribution in [0, 0.1) is 17.5 Å². The van der Waals surface area contributed by atoms with E-state index in [-0.39, 0.29) is 22.9 Å². The van der Waals surface area contributed by atoms with Gasteiger partial charge in [0.15, 0.2) is 17.5 Å². The highest BCUT2D eigenvalue weighted by atomic mass is 19.2. The van der Waals surface area contributed by atoms with Crippen LogP contribution in [0.15, 0.2) is 54.6 Å². The highest BCUT2D eigenvalue weighted by Crippen LogP contribution is 2.37. The van der Waals surface area contributed by atoms with Crippen LogP contribution in [0.3, 0.4) is 0 Å². The van der Waals surface area contributed by atoms with Gasteiger partial charge in [-0.1, -0.05) is 18.2 Å². The van der Waals surface area contributed by atoms with E-state index in [2.05, 4.69) is 10.6 Å². The van der Waals surface area contributed by atoms with Gasteiger partial charge in [-0.15, -0.1) is 0 Å². The molecule has 0 unspecified atom stereocenters. The lowest BCUT2D eigenvalue weighted by Crippen LogP contribution is -2.17. The maximum atomic E-state index is 13.9. The Morgan fingerprint density at radius 3 is 1.84 bits per heavy atom. The highest BCUT2D eigenvalue weighted by Gasteiger charge is 2.21. The van der Waals surface area contributed by atoms with E-state index in [1.54, 1.807) is 30.3 Å². The van der Waals surface area contributed by atoms with Crippen molar-refractivity contribution in [1.29, 1.82) is 0 Å². The smallest absolute Gasteiger partial charge is 0.258 e. The Morgan fingerprint density at radius 1 is 0.742 bits per heavy atom. The summed E-state index contributed by atoms with van der Waals surface area (Å²) >= 11 is 0. The van der Waals surface area contributed by atoms with Crippen LogP contribution in [0.25, 0.3) is 0 Å². The Labute approximate surface area is 175 Å². The van der Waals surface area contributed by atoms with E-state index >= 15 is 0 Å². The predicted molar refractivity (Wildman–Crippen MR) is 108 cm³/mol. The second kappa shape index (κ2) is 9.21. The fraction of sp³-hybridized carbons (Fsp3) is 0.0909. The third kappa shape index (κ3) is 4.61. The van der Waals surface area contributed by atoms with E-state index in [0.717, 1.165) is 6.07 Å². The Kier molecular flexibility index (Phi) is 6.44. The van der Waals surface area contributed by atoms with E-state index in [1.165, 1.54) is 26.4 Å². The van der Waals surface area contributed by atoms with Gasteiger partial charge in [-0.05, 0) is 24.3 Å². The molecule has 0 heterocycles. The van der Waals surface area contributed by atoms with Crippen LogP contribution in [0.2, 0.25) is 0 Å². The molecule has 0 saturated heterocycles. The van der Waals surface area contributed by atoms with Crippen LogP contribution in [-0.4, -0.2) is 26.0 Å². The number of halogens is 3. The van der Waals surface area contributed by atoms with E-state index in [1.807, 2.05) is 0 Å². The van der Waals surface area contributed by atoms with E-state index in [9.17, 15) is 22.8 Å². The zero-order chi connectivity index (χ0) is 22.5. The van der Waals surface area contributed by atoms with Crippen LogP contribution in [0.5, 0.6) is 11.5 Å². The number of rotatable bonds is 6. The first-order chi connectivity index (χ1) is 14.8. The minimum absolute atomic E-state index is 0.0613. The van der Waals surface area contributed by atoms with Gasteiger partial charge >= 0.3 is 0 Å². The van der Waals surface area contributed by atoms with Gasteiger partial charge in [0.05, 0.1) is 31.2 Å². The van der Waals surface area contributed by atoms with Crippen LogP contribution in [0.1, 0.15) is 20.7 Å². The molecule has 9 heteroatoms. The van der Waals surface area contributed by atoms with Gasteiger partial charge in [0.1, 0.15) is 11.5 Å². The summed E-state index contributed by atoms with van der Waals surface area (Å²) in [7, 11) is 2.67. The maximum absolute atomic E-state index is 13.9. The topological polar surface area (TPSA) is 76.7 Å². The van der Waals surface area contributed by atoms with Crippen LogP contribution in [-0.2, 0) is 0 Å². The molecule has 0 radical (unpaired) electrons. The number of nitrogens with one attached hydrogen (secondary N) is 2. The number of carbonyl (C=O) groups excluding carboxylic acids is 2. The van der Waals surface area contributed by atoms with Crippen molar-refractivity contribution < 1.29 is 32.2 Å². The number of anilines is 2. The molecule has 0 atom stereocenters. The molecule has 0 aliphatic heterocycles. The molecule has 0 aliphatic rings. The Morgan fingerprint density at radius 2 is 1.29 bits per heavy atom. The van der Waals surface area contributed by atoms with E-state index in [0.29, 0.717) is 11.6 Å². The molecule has 0 fully saturated rings. The lowest BCUT2D eigenvalue weighted by molar-refractivity contribution is 0.101. The SMILES string of the molecule is COc1cc(NC(=O)c2ccc(F)c(F)c2F)c(OC)cc1NC(=O)c1ccccc1. The first-order valence-electron chi connectivity index (χ1n) is 8.93. The van der Waals surface area contributed by atoms with Crippen molar-refractivity contribution in [2.45, 2.75) is 0 Å². The largest absolute Gasteiger partial charge is 0.494 e. The minimum atomic E-state index is -1.75. The van der Waals surface area contributed by atoms with Crippen molar-refractivity contribution in [2.75, 3.05) is 24.9 Å². The molecule has 3 aromatic carbocycles. The highest BCUT2D eigenvalue weighted by molar-refractivity contribution is 6.07. The summed E-state index contributed by atoms with van der Waals surface area (Å²) in [6.45, 7) is 0. The molecule has 3 rings (SSSR count). The molecule has 160 valence electrons. The molecule has 0 saturated carbocycles. The average molecular weight is 430 g/mol. The molecule has 3 aromatic rings. The Hall–Kier alpha value is -4.01. The number of hydrogen-bond acceptors (Lipinski definition) is 4. The summed E-state index contributed by atoms with van der Waals surface area (Å²) in [5.41, 5.74) is 0.0347. The Bertz CT molecular complexity index is 1140. The molecule has 2 amide bonds. The summed E-state index contributed by atoms with van der Waals surface area (Å²) in [5, 5.41) is 5.05. The zero-order valence-corrected chi connectivity index (χ0v) is 16.5. The van der Waals surface area contributed by atoms with Gasteiger partial charge in [0.25, 0.3) is 11.8 Å². The molecule has 0 aliphatic carbocycles. The predicted octanol–water partition coefficient (Wildman–Crippen LogP) is 4.63. The van der Waals surface area contributed by atoms with Crippen LogP contribution in [0.4, 0.5) is 24.5 Å². The lowest BCUT2D eigenvalue weighted by Gasteiger charge is -2.16. The fourth-order valence-electron chi connectivity index (χ4n) is 2.77. The van der Waals surface area contributed by atoms with Gasteiger partial charge in [0.2, 0.25) is 0 Å². The fourth-order valence-corrected chi connectivity index (χ4v) is 2.77. The molecule has 31 heavy (non-hydrogen) atoms. The van der Waals surface area contributed by atoms with Crippen molar-refractivity contribution in [3.63, 3.8) is 0 Å². The van der Waals surface area contributed by atoms with E-state index < -0.39 is 34.8 Å². The number of benzene rings is 3. The van der Waals surface area contributed by atoms with Gasteiger partial charge in [0, 0.05) is 17.7 Å². The third-order valence-electron chi connectivity index (χ3n) is 4.33. The summed E-state index contributed by atoms with van der Waals surface area (Å²) in [5.74, 6) is -5.93. The first kappa shape index (κ1) is 21.7. The summed E-state index contributed by atoms with van der Waals surface area (Å²) in [4.78, 5) is 24.8.